The lowest BCUT2D eigenvalue weighted by atomic mass is 10.3. The first kappa shape index (κ1) is 22.4. The molecule has 14 heteroatoms. The minimum atomic E-state index is -4.72. The minimum absolute atomic E-state index is 0.00624. The van der Waals surface area contributed by atoms with Gasteiger partial charge in [0, 0.05) is 19.7 Å². The van der Waals surface area contributed by atoms with E-state index in [4.69, 9.17) is 0 Å². The quantitative estimate of drug-likeness (QED) is 0.601. The van der Waals surface area contributed by atoms with Crippen LogP contribution in [0.25, 0.3) is 22.7 Å². The number of aromatic nitrogens is 5. The van der Waals surface area contributed by atoms with Crippen molar-refractivity contribution in [1.82, 2.24) is 30.0 Å². The molecule has 3 aromatic heterocycles. The number of carbonyl (C=O) groups is 1. The van der Waals surface area contributed by atoms with E-state index in [0.29, 0.717) is 6.54 Å². The lowest BCUT2D eigenvalue weighted by Gasteiger charge is -2.11. The fourth-order valence-electron chi connectivity index (χ4n) is 2.74. The number of sulfone groups is 1. The molecule has 2 N–H and O–H groups in total. The van der Waals surface area contributed by atoms with Crippen LogP contribution < -0.4 is 10.6 Å². The van der Waals surface area contributed by atoms with Gasteiger partial charge in [-0.25, -0.2) is 23.2 Å². The molecule has 2 amide bonds. The maximum Gasteiger partial charge on any atom is 0.435 e. The number of anilines is 1. The molecule has 0 bridgehead atoms. The third kappa shape index (κ3) is 4.42. The molecule has 0 saturated heterocycles. The molecule has 0 saturated carbocycles. The third-order valence-corrected chi connectivity index (χ3v) is 6.03. The molecule has 10 nitrogen and oxygen atoms in total. The Hall–Kier alpha value is -3.29. The summed E-state index contributed by atoms with van der Waals surface area (Å²) in [5, 5.41) is 11.7. The summed E-state index contributed by atoms with van der Waals surface area (Å²) in [6, 6.07) is 2.73. The standard InChI is InChI=1S/C17H18F3N7O3S/c1-4-21-16(28)24-12-7-6-10(31(29,30)5-2)13(23-12)15-22-9-8-11(17(18,19)20)25-26-14(9)27(15)3/h6-8H,4-5H2,1-3H3,(H2,21,23,24,28). The van der Waals surface area contributed by atoms with Crippen molar-refractivity contribution in [2.75, 3.05) is 17.6 Å². The van der Waals surface area contributed by atoms with E-state index in [1.165, 1.54) is 30.7 Å². The molecule has 0 aliphatic heterocycles. The first-order valence-electron chi connectivity index (χ1n) is 9.04. The number of hydrogen-bond acceptors (Lipinski definition) is 7. The Morgan fingerprint density at radius 1 is 1.16 bits per heavy atom. The zero-order chi connectivity index (χ0) is 23.0. The van der Waals surface area contributed by atoms with Crippen LogP contribution in [0.3, 0.4) is 0 Å². The predicted octanol–water partition coefficient (Wildman–Crippen LogP) is 2.38. The molecular formula is C17H18F3N7O3S. The Kier molecular flexibility index (Phi) is 5.85. The van der Waals surface area contributed by atoms with Crippen molar-refractivity contribution in [2.24, 2.45) is 7.05 Å². The van der Waals surface area contributed by atoms with Gasteiger partial charge in [-0.1, -0.05) is 6.92 Å². The summed E-state index contributed by atoms with van der Waals surface area (Å²) in [5.74, 6) is -0.257. The summed E-state index contributed by atoms with van der Waals surface area (Å²) in [7, 11) is -2.33. The summed E-state index contributed by atoms with van der Waals surface area (Å²) in [4.78, 5) is 20.0. The van der Waals surface area contributed by atoms with Crippen molar-refractivity contribution < 1.29 is 26.4 Å². The van der Waals surface area contributed by atoms with Gasteiger partial charge in [0.25, 0.3) is 0 Å². The van der Waals surface area contributed by atoms with Gasteiger partial charge in [-0.2, -0.15) is 13.2 Å². The van der Waals surface area contributed by atoms with Crippen LogP contribution in [0, 0.1) is 0 Å². The maximum absolute atomic E-state index is 13.0. The second-order valence-corrected chi connectivity index (χ2v) is 8.61. The first-order chi connectivity index (χ1) is 14.5. The average molecular weight is 457 g/mol. The summed E-state index contributed by atoms with van der Waals surface area (Å²) < 4.78 is 65.4. The monoisotopic (exact) mass is 457 g/mol. The molecule has 3 rings (SSSR count). The largest absolute Gasteiger partial charge is 0.435 e. The normalized spacial score (nSPS) is 12.2. The van der Waals surface area contributed by atoms with Crippen molar-refractivity contribution in [1.29, 1.82) is 0 Å². The van der Waals surface area contributed by atoms with Crippen LogP contribution in [0.1, 0.15) is 19.5 Å². The number of amides is 2. The fraction of sp³-hybridized carbons (Fsp3) is 0.353. The molecule has 0 aliphatic carbocycles. The van der Waals surface area contributed by atoms with Crippen LogP contribution in [0.4, 0.5) is 23.8 Å². The lowest BCUT2D eigenvalue weighted by molar-refractivity contribution is -0.141. The molecule has 3 heterocycles. The van der Waals surface area contributed by atoms with Gasteiger partial charge in [0.1, 0.15) is 17.0 Å². The van der Waals surface area contributed by atoms with Gasteiger partial charge in [-0.3, -0.25) is 5.32 Å². The zero-order valence-electron chi connectivity index (χ0n) is 16.6. The van der Waals surface area contributed by atoms with Crippen LogP contribution in [-0.4, -0.2) is 51.5 Å². The smallest absolute Gasteiger partial charge is 0.338 e. The zero-order valence-corrected chi connectivity index (χ0v) is 17.5. The van der Waals surface area contributed by atoms with E-state index in [9.17, 15) is 26.4 Å². The number of carbonyl (C=O) groups excluding carboxylic acids is 1. The van der Waals surface area contributed by atoms with Crippen LogP contribution in [0.2, 0.25) is 0 Å². The highest BCUT2D eigenvalue weighted by Crippen LogP contribution is 2.32. The number of halogens is 3. The maximum atomic E-state index is 13.0. The van der Waals surface area contributed by atoms with Crippen molar-refractivity contribution >= 4 is 32.9 Å². The van der Waals surface area contributed by atoms with Crippen molar-refractivity contribution in [3.8, 4) is 11.5 Å². The van der Waals surface area contributed by atoms with E-state index >= 15 is 0 Å². The Morgan fingerprint density at radius 2 is 1.87 bits per heavy atom. The number of aryl methyl sites for hydroxylation is 1. The number of fused-ring (bicyclic) bond motifs is 1. The van der Waals surface area contributed by atoms with Gasteiger partial charge in [0.05, 0.1) is 10.6 Å². The minimum Gasteiger partial charge on any atom is -0.338 e. The van der Waals surface area contributed by atoms with Gasteiger partial charge < -0.3 is 9.88 Å². The van der Waals surface area contributed by atoms with Crippen LogP contribution in [0.5, 0.6) is 0 Å². The second-order valence-electron chi connectivity index (χ2n) is 6.36. The predicted molar refractivity (Wildman–Crippen MR) is 105 cm³/mol. The van der Waals surface area contributed by atoms with Gasteiger partial charge in [0.2, 0.25) is 0 Å². The highest BCUT2D eigenvalue weighted by Gasteiger charge is 2.34. The van der Waals surface area contributed by atoms with E-state index in [1.807, 2.05) is 0 Å². The van der Waals surface area contributed by atoms with E-state index < -0.39 is 27.7 Å². The molecule has 0 fully saturated rings. The lowest BCUT2D eigenvalue weighted by Crippen LogP contribution is -2.28. The van der Waals surface area contributed by atoms with Crippen LogP contribution in [-0.2, 0) is 23.1 Å². The van der Waals surface area contributed by atoms with Crippen molar-refractivity contribution in [3.05, 3.63) is 23.9 Å². The number of rotatable bonds is 5. The van der Waals surface area contributed by atoms with E-state index in [1.54, 1.807) is 6.92 Å². The SMILES string of the molecule is CCNC(=O)Nc1ccc(S(=O)(=O)CC)c(-c2nc3cc(C(F)(F)F)nnc3n2C)n1. The highest BCUT2D eigenvalue weighted by atomic mass is 32.2. The molecule has 0 unspecified atom stereocenters. The molecule has 0 spiro atoms. The Bertz CT molecular complexity index is 1260. The summed E-state index contributed by atoms with van der Waals surface area (Å²) in [5.41, 5.74) is -1.49. The summed E-state index contributed by atoms with van der Waals surface area (Å²) >= 11 is 0. The number of nitrogens with zero attached hydrogens (tertiary/aromatic N) is 5. The second kappa shape index (κ2) is 8.09. The van der Waals surface area contributed by atoms with Gasteiger partial charge in [-0.05, 0) is 19.1 Å². The van der Waals surface area contributed by atoms with E-state index in [-0.39, 0.29) is 39.1 Å². The Morgan fingerprint density at radius 3 is 2.48 bits per heavy atom. The molecule has 166 valence electrons. The number of alkyl halides is 3. The highest BCUT2D eigenvalue weighted by molar-refractivity contribution is 7.91. The van der Waals surface area contributed by atoms with Crippen LogP contribution in [0.15, 0.2) is 23.1 Å². The molecule has 0 aliphatic rings. The number of imidazole rings is 1. The van der Waals surface area contributed by atoms with E-state index in [2.05, 4.69) is 30.8 Å². The van der Waals surface area contributed by atoms with Crippen LogP contribution >= 0.6 is 0 Å². The van der Waals surface area contributed by atoms with Gasteiger partial charge in [-0.15, -0.1) is 10.2 Å². The van der Waals surface area contributed by atoms with Crippen molar-refractivity contribution in [3.63, 3.8) is 0 Å². The van der Waals surface area contributed by atoms with Crippen molar-refractivity contribution in [2.45, 2.75) is 24.9 Å². The fourth-order valence-corrected chi connectivity index (χ4v) is 3.76. The molecule has 0 atom stereocenters. The Labute approximate surface area is 174 Å². The summed E-state index contributed by atoms with van der Waals surface area (Å²) in [6.45, 7) is 3.51. The third-order valence-electron chi connectivity index (χ3n) is 4.27. The van der Waals surface area contributed by atoms with Gasteiger partial charge in [0.15, 0.2) is 27.0 Å². The topological polar surface area (TPSA) is 132 Å². The molecule has 3 aromatic rings. The molecular weight excluding hydrogens is 439 g/mol. The Balaban J connectivity index is 2.22. The molecule has 0 aromatic carbocycles. The molecule has 0 radical (unpaired) electrons. The van der Waals surface area contributed by atoms with Gasteiger partial charge >= 0.3 is 12.2 Å². The number of urea groups is 1. The first-order valence-corrected chi connectivity index (χ1v) is 10.7. The van der Waals surface area contributed by atoms with E-state index in [0.717, 1.165) is 6.07 Å². The summed E-state index contributed by atoms with van der Waals surface area (Å²) in [6.07, 6.45) is -4.72. The number of pyridine rings is 1. The number of hydrogen-bond donors (Lipinski definition) is 2. The molecule has 31 heavy (non-hydrogen) atoms. The average Bonchev–Trinajstić information content (AvgIpc) is 3.03. The number of nitrogens with one attached hydrogen (secondary N) is 2.